The zero-order valence-electron chi connectivity index (χ0n) is 11.0. The van der Waals surface area contributed by atoms with Crippen molar-refractivity contribution >= 4 is 10.0 Å². The van der Waals surface area contributed by atoms with Crippen molar-refractivity contribution in [3.8, 4) is 0 Å². The number of hydrogen-bond donors (Lipinski definition) is 2. The number of furan rings is 1. The Balaban J connectivity index is 2.32. The minimum atomic E-state index is -3.46. The summed E-state index contributed by atoms with van der Waals surface area (Å²) in [5.74, 6) is 0.638. The summed E-state index contributed by atoms with van der Waals surface area (Å²) in [6.45, 7) is 3.67. The topological polar surface area (TPSA) is 71.3 Å². The van der Waals surface area contributed by atoms with Gasteiger partial charge in [0.25, 0.3) is 10.0 Å². The summed E-state index contributed by atoms with van der Waals surface area (Å²) in [6, 6.07) is 3.16. The Morgan fingerprint density at radius 3 is 2.67 bits per heavy atom. The summed E-state index contributed by atoms with van der Waals surface area (Å²) in [5.41, 5.74) is 0. The van der Waals surface area contributed by atoms with E-state index in [1.54, 1.807) is 6.07 Å². The molecule has 2 N–H and O–H groups in total. The Morgan fingerprint density at radius 1 is 1.22 bits per heavy atom. The van der Waals surface area contributed by atoms with Gasteiger partial charge in [0.15, 0.2) is 0 Å². The van der Waals surface area contributed by atoms with Crippen molar-refractivity contribution in [1.29, 1.82) is 0 Å². The maximum atomic E-state index is 11.4. The monoisotopic (exact) mass is 274 g/mol. The van der Waals surface area contributed by atoms with Crippen LogP contribution in [-0.2, 0) is 16.6 Å². The molecule has 1 rings (SSSR count). The van der Waals surface area contributed by atoms with Crippen molar-refractivity contribution in [3.63, 3.8) is 0 Å². The summed E-state index contributed by atoms with van der Waals surface area (Å²) in [7, 11) is -2.10. The van der Waals surface area contributed by atoms with E-state index < -0.39 is 10.0 Å². The van der Waals surface area contributed by atoms with Gasteiger partial charge in [-0.2, -0.15) is 0 Å². The molecule has 0 unspecified atom stereocenters. The number of nitrogens with one attached hydrogen (secondary N) is 2. The lowest BCUT2D eigenvalue weighted by atomic mass is 10.2. The van der Waals surface area contributed by atoms with E-state index in [1.165, 1.54) is 32.4 Å². The molecule has 0 saturated carbocycles. The first-order chi connectivity index (χ1) is 8.60. The van der Waals surface area contributed by atoms with Crippen LogP contribution in [-0.4, -0.2) is 22.0 Å². The molecule has 1 aromatic rings. The van der Waals surface area contributed by atoms with Crippen LogP contribution in [0.25, 0.3) is 0 Å². The first-order valence-electron chi connectivity index (χ1n) is 6.33. The highest BCUT2D eigenvalue weighted by atomic mass is 32.2. The molecule has 0 aliphatic carbocycles. The number of sulfonamides is 1. The molecule has 5 nitrogen and oxygen atoms in total. The summed E-state index contributed by atoms with van der Waals surface area (Å²) >= 11 is 0. The van der Waals surface area contributed by atoms with Gasteiger partial charge in [0.1, 0.15) is 5.76 Å². The zero-order chi connectivity index (χ0) is 13.4. The average Bonchev–Trinajstić information content (AvgIpc) is 2.83. The van der Waals surface area contributed by atoms with E-state index in [4.69, 9.17) is 4.42 Å². The van der Waals surface area contributed by atoms with Gasteiger partial charge in [-0.25, -0.2) is 13.1 Å². The molecule has 0 spiro atoms. The lowest BCUT2D eigenvalue weighted by molar-refractivity contribution is 0.399. The fraction of sp³-hybridized carbons (Fsp3) is 0.667. The van der Waals surface area contributed by atoms with Crippen molar-refractivity contribution in [2.75, 3.05) is 13.6 Å². The maximum Gasteiger partial charge on any atom is 0.273 e. The van der Waals surface area contributed by atoms with Gasteiger partial charge >= 0.3 is 0 Å². The van der Waals surface area contributed by atoms with E-state index >= 15 is 0 Å². The quantitative estimate of drug-likeness (QED) is 0.674. The maximum absolute atomic E-state index is 11.4. The van der Waals surface area contributed by atoms with Crippen molar-refractivity contribution < 1.29 is 12.8 Å². The molecule has 1 heterocycles. The molecule has 0 radical (unpaired) electrons. The third-order valence-corrected chi connectivity index (χ3v) is 3.96. The van der Waals surface area contributed by atoms with E-state index in [-0.39, 0.29) is 5.09 Å². The second-order valence-electron chi connectivity index (χ2n) is 4.17. The van der Waals surface area contributed by atoms with Crippen molar-refractivity contribution in [3.05, 3.63) is 17.9 Å². The van der Waals surface area contributed by atoms with Crippen LogP contribution in [0.15, 0.2) is 21.6 Å². The predicted octanol–water partition coefficient (Wildman–Crippen LogP) is 1.86. The van der Waals surface area contributed by atoms with Gasteiger partial charge in [-0.15, -0.1) is 0 Å². The van der Waals surface area contributed by atoms with Gasteiger partial charge in [-0.1, -0.05) is 26.2 Å². The van der Waals surface area contributed by atoms with E-state index in [0.717, 1.165) is 13.0 Å². The average molecular weight is 274 g/mol. The molecule has 1 aromatic heterocycles. The summed E-state index contributed by atoms with van der Waals surface area (Å²) in [6.07, 6.45) is 4.84. The first-order valence-corrected chi connectivity index (χ1v) is 7.81. The van der Waals surface area contributed by atoms with Crippen molar-refractivity contribution in [2.45, 2.75) is 44.2 Å². The van der Waals surface area contributed by atoms with Crippen LogP contribution < -0.4 is 10.0 Å². The highest BCUT2D eigenvalue weighted by Gasteiger charge is 2.15. The van der Waals surface area contributed by atoms with Crippen molar-refractivity contribution in [1.82, 2.24) is 10.0 Å². The molecular weight excluding hydrogens is 252 g/mol. The molecule has 0 amide bonds. The normalized spacial score (nSPS) is 11.9. The molecule has 0 bridgehead atoms. The van der Waals surface area contributed by atoms with E-state index in [0.29, 0.717) is 12.3 Å². The SMILES string of the molecule is CCCCCCNCc1ccc(S(=O)(=O)NC)o1. The molecule has 0 aromatic carbocycles. The predicted molar refractivity (Wildman–Crippen MR) is 70.8 cm³/mol. The summed E-state index contributed by atoms with van der Waals surface area (Å²) in [4.78, 5) is 0. The van der Waals surface area contributed by atoms with Gasteiger partial charge in [-0.3, -0.25) is 0 Å². The smallest absolute Gasteiger partial charge is 0.273 e. The Kier molecular flexibility index (Phi) is 6.38. The number of rotatable bonds is 9. The molecule has 18 heavy (non-hydrogen) atoms. The molecule has 6 heteroatoms. The van der Waals surface area contributed by atoms with Gasteiger partial charge in [0.05, 0.1) is 6.54 Å². The third kappa shape index (κ3) is 4.80. The molecule has 0 aliphatic heterocycles. The standard InChI is InChI=1S/C12H22N2O3S/c1-3-4-5-6-9-14-10-11-7-8-12(17-11)18(15,16)13-2/h7-8,13-14H,3-6,9-10H2,1-2H3. The van der Waals surface area contributed by atoms with E-state index in [1.807, 2.05) is 0 Å². The molecule has 0 atom stereocenters. The van der Waals surface area contributed by atoms with Crippen LogP contribution in [0.3, 0.4) is 0 Å². The fourth-order valence-electron chi connectivity index (χ4n) is 1.59. The van der Waals surface area contributed by atoms with Crippen LogP contribution in [0, 0.1) is 0 Å². The summed E-state index contributed by atoms with van der Waals surface area (Å²) < 4.78 is 30.3. The van der Waals surface area contributed by atoms with Gasteiger partial charge in [-0.05, 0) is 32.1 Å². The van der Waals surface area contributed by atoms with Crippen LogP contribution in [0.5, 0.6) is 0 Å². The van der Waals surface area contributed by atoms with E-state index in [9.17, 15) is 8.42 Å². The molecule has 0 saturated heterocycles. The largest absolute Gasteiger partial charge is 0.447 e. The van der Waals surface area contributed by atoms with Crippen LogP contribution in [0.4, 0.5) is 0 Å². The second kappa shape index (κ2) is 7.56. The lowest BCUT2D eigenvalue weighted by Gasteiger charge is -2.02. The summed E-state index contributed by atoms with van der Waals surface area (Å²) in [5, 5.41) is 3.20. The Labute approximate surface area is 109 Å². The van der Waals surface area contributed by atoms with Crippen LogP contribution in [0.1, 0.15) is 38.4 Å². The van der Waals surface area contributed by atoms with Gasteiger partial charge < -0.3 is 9.73 Å². The fourth-order valence-corrected chi connectivity index (χ4v) is 2.25. The Morgan fingerprint density at radius 2 is 2.00 bits per heavy atom. The Bertz CT molecular complexity index is 440. The molecular formula is C12H22N2O3S. The second-order valence-corrected chi connectivity index (χ2v) is 5.98. The zero-order valence-corrected chi connectivity index (χ0v) is 11.8. The molecule has 0 aliphatic rings. The minimum absolute atomic E-state index is 0.0345. The van der Waals surface area contributed by atoms with E-state index in [2.05, 4.69) is 17.0 Å². The third-order valence-electron chi connectivity index (χ3n) is 2.68. The van der Waals surface area contributed by atoms with Crippen LogP contribution >= 0.6 is 0 Å². The number of unbranched alkanes of at least 4 members (excludes halogenated alkanes) is 3. The molecule has 104 valence electrons. The van der Waals surface area contributed by atoms with Crippen LogP contribution in [0.2, 0.25) is 0 Å². The minimum Gasteiger partial charge on any atom is -0.447 e. The number of hydrogen-bond acceptors (Lipinski definition) is 4. The molecule has 0 fully saturated rings. The lowest BCUT2D eigenvalue weighted by Crippen LogP contribution is -2.18. The first kappa shape index (κ1) is 15.2. The highest BCUT2D eigenvalue weighted by molar-refractivity contribution is 7.89. The van der Waals surface area contributed by atoms with Crippen molar-refractivity contribution in [2.24, 2.45) is 0 Å². The highest BCUT2D eigenvalue weighted by Crippen LogP contribution is 2.13. The Hall–Kier alpha value is -0.850. The van der Waals surface area contributed by atoms with Gasteiger partial charge in [0, 0.05) is 0 Å². The van der Waals surface area contributed by atoms with Gasteiger partial charge in [0.2, 0.25) is 5.09 Å².